The molecule has 6 N–H and O–H groups in total. The zero-order chi connectivity index (χ0) is 25.3. The van der Waals surface area contributed by atoms with Gasteiger partial charge in [0.15, 0.2) is 11.6 Å². The van der Waals surface area contributed by atoms with Crippen LogP contribution in [0.15, 0.2) is 24.5 Å². The van der Waals surface area contributed by atoms with E-state index in [1.165, 1.54) is 0 Å². The minimum Gasteiger partial charge on any atom is -0.391 e. The third kappa shape index (κ3) is 5.11. The van der Waals surface area contributed by atoms with Crippen LogP contribution in [0.5, 0.6) is 0 Å². The van der Waals surface area contributed by atoms with Gasteiger partial charge in [-0.05, 0) is 32.1 Å². The molecule has 2 aromatic rings. The average Bonchev–Trinajstić information content (AvgIpc) is 3.38. The molecule has 0 bridgehead atoms. The summed E-state index contributed by atoms with van der Waals surface area (Å²) in [5.41, 5.74) is 5.32. The molecule has 2 heterocycles. The third-order valence-electron chi connectivity index (χ3n) is 6.48. The summed E-state index contributed by atoms with van der Waals surface area (Å²) in [7, 11) is 0. The summed E-state index contributed by atoms with van der Waals surface area (Å²) in [6.07, 6.45) is 3.29. The highest BCUT2D eigenvalue weighted by atomic mass is 19.1. The third-order valence-corrected chi connectivity index (χ3v) is 6.48. The largest absolute Gasteiger partial charge is 0.391 e. The Balaban J connectivity index is 1.62. The fourth-order valence-electron chi connectivity index (χ4n) is 4.83. The summed E-state index contributed by atoms with van der Waals surface area (Å²) in [4.78, 5) is 18.9. The molecule has 1 aliphatic heterocycles. The smallest absolute Gasteiger partial charge is 0.225 e. The van der Waals surface area contributed by atoms with Crippen molar-refractivity contribution in [3.05, 3.63) is 47.7 Å². The summed E-state index contributed by atoms with van der Waals surface area (Å²) >= 11 is 0. The molecule has 1 amide bonds. The fraction of sp³-hybridized carbons (Fsp3) is 0.435. The van der Waals surface area contributed by atoms with Crippen molar-refractivity contribution in [1.82, 2.24) is 14.5 Å². The van der Waals surface area contributed by atoms with Gasteiger partial charge in [-0.2, -0.15) is 0 Å². The number of nitrogens with two attached hydrogens (primary N) is 1. The van der Waals surface area contributed by atoms with Crippen LogP contribution in [0.3, 0.4) is 0 Å². The SMILES string of the molecule is C=C(N)Nc1c(C=N)nc(Nc2c(F)cc(F)cc2F)n1C1CCC(C(=O)N2CC[C@@H](O)C2)CC1. The van der Waals surface area contributed by atoms with Gasteiger partial charge in [0.05, 0.1) is 11.9 Å². The molecular weight excluding hydrogens is 463 g/mol. The van der Waals surface area contributed by atoms with E-state index in [2.05, 4.69) is 22.2 Å². The predicted molar refractivity (Wildman–Crippen MR) is 125 cm³/mol. The summed E-state index contributed by atoms with van der Waals surface area (Å²) in [5.74, 6) is -3.05. The van der Waals surface area contributed by atoms with Crippen LogP contribution in [-0.4, -0.2) is 50.9 Å². The van der Waals surface area contributed by atoms with E-state index < -0.39 is 29.2 Å². The minimum absolute atomic E-state index is 0.0216. The number of rotatable bonds is 7. The van der Waals surface area contributed by atoms with Crippen LogP contribution < -0.4 is 16.4 Å². The molecule has 0 unspecified atom stereocenters. The first-order chi connectivity index (χ1) is 16.7. The van der Waals surface area contributed by atoms with Crippen LogP contribution >= 0.6 is 0 Å². The molecule has 1 aromatic heterocycles. The molecule has 2 aliphatic rings. The van der Waals surface area contributed by atoms with Crippen molar-refractivity contribution in [2.75, 3.05) is 23.7 Å². The highest BCUT2D eigenvalue weighted by Crippen LogP contribution is 2.39. The number of nitrogens with one attached hydrogen (secondary N) is 3. The van der Waals surface area contributed by atoms with Gasteiger partial charge in [0.25, 0.3) is 0 Å². The van der Waals surface area contributed by atoms with Gasteiger partial charge in [-0.25, -0.2) is 18.2 Å². The number of hydrogen-bond acceptors (Lipinski definition) is 7. The number of carbonyl (C=O) groups is 1. The number of imidazole rings is 1. The zero-order valence-corrected chi connectivity index (χ0v) is 19.0. The number of hydrogen-bond donors (Lipinski definition) is 5. The van der Waals surface area contributed by atoms with Gasteiger partial charge in [0.2, 0.25) is 11.9 Å². The van der Waals surface area contributed by atoms with Gasteiger partial charge in [0.1, 0.15) is 23.0 Å². The number of aliphatic hydroxyl groups is 1. The number of halogens is 3. The predicted octanol–water partition coefficient (Wildman–Crippen LogP) is 3.21. The van der Waals surface area contributed by atoms with Crippen LogP contribution in [0, 0.1) is 28.8 Å². The molecule has 2 fully saturated rings. The van der Waals surface area contributed by atoms with Crippen LogP contribution in [0.4, 0.5) is 30.6 Å². The van der Waals surface area contributed by atoms with E-state index in [4.69, 9.17) is 11.1 Å². The standard InChI is InChI=1S/C23H28F3N7O2/c1-12(28)29-21-19(10-27)30-23(31-20-17(25)8-14(24)9-18(20)26)33(21)15-4-2-13(3-5-15)22(35)32-7-6-16(34)11-32/h8-10,13,15-16,27,29,34H,1-7,11,28H2,(H,30,31)/t13?,15?,16-/m1/s1. The highest BCUT2D eigenvalue weighted by Gasteiger charge is 2.35. The second-order valence-electron chi connectivity index (χ2n) is 8.94. The number of aromatic nitrogens is 2. The van der Waals surface area contributed by atoms with E-state index in [1.807, 2.05) is 0 Å². The molecule has 1 saturated carbocycles. The lowest BCUT2D eigenvalue weighted by atomic mass is 9.85. The maximum atomic E-state index is 14.4. The normalized spacial score (nSPS) is 22.2. The Hall–Kier alpha value is -3.54. The molecule has 4 rings (SSSR count). The number of β-amino-alcohol motifs (C(OH)–C–C–N with tert-alkyl or cyclic N) is 1. The zero-order valence-electron chi connectivity index (χ0n) is 19.0. The molecular formula is C23H28F3N7O2. The fourth-order valence-corrected chi connectivity index (χ4v) is 4.83. The summed E-state index contributed by atoms with van der Waals surface area (Å²) in [6, 6.07) is 0.882. The quantitative estimate of drug-likeness (QED) is 0.378. The minimum atomic E-state index is -1.13. The van der Waals surface area contributed by atoms with Gasteiger partial charge >= 0.3 is 0 Å². The van der Waals surface area contributed by atoms with Crippen LogP contribution in [0.25, 0.3) is 0 Å². The van der Waals surface area contributed by atoms with Crippen molar-refractivity contribution in [3.63, 3.8) is 0 Å². The lowest BCUT2D eigenvalue weighted by Gasteiger charge is -2.32. The van der Waals surface area contributed by atoms with Crippen molar-refractivity contribution in [1.29, 1.82) is 5.41 Å². The lowest BCUT2D eigenvalue weighted by molar-refractivity contribution is -0.136. The second-order valence-corrected chi connectivity index (χ2v) is 8.94. The lowest BCUT2D eigenvalue weighted by Crippen LogP contribution is -2.37. The van der Waals surface area contributed by atoms with Crippen LogP contribution in [0.1, 0.15) is 43.8 Å². The summed E-state index contributed by atoms with van der Waals surface area (Å²) < 4.78 is 43.7. The van der Waals surface area contributed by atoms with Crippen molar-refractivity contribution >= 4 is 29.6 Å². The number of nitrogens with zero attached hydrogens (tertiary/aromatic N) is 3. The van der Waals surface area contributed by atoms with E-state index >= 15 is 0 Å². The van der Waals surface area contributed by atoms with Crippen molar-refractivity contribution in [2.45, 2.75) is 44.2 Å². The van der Waals surface area contributed by atoms with E-state index in [9.17, 15) is 23.1 Å². The van der Waals surface area contributed by atoms with Crippen LogP contribution in [0.2, 0.25) is 0 Å². The maximum absolute atomic E-state index is 14.4. The number of likely N-dealkylation sites (tertiary alicyclic amines) is 1. The summed E-state index contributed by atoms with van der Waals surface area (Å²) in [5, 5.41) is 22.9. The Labute approximate surface area is 200 Å². The Morgan fingerprint density at radius 2 is 1.86 bits per heavy atom. The molecule has 1 aromatic carbocycles. The molecule has 1 saturated heterocycles. The van der Waals surface area contributed by atoms with Crippen molar-refractivity contribution < 1.29 is 23.1 Å². The van der Waals surface area contributed by atoms with Crippen LogP contribution in [-0.2, 0) is 4.79 Å². The number of anilines is 3. The molecule has 35 heavy (non-hydrogen) atoms. The van der Waals surface area contributed by atoms with E-state index in [1.54, 1.807) is 9.47 Å². The van der Waals surface area contributed by atoms with Gasteiger partial charge in [-0.15, -0.1) is 0 Å². The first-order valence-electron chi connectivity index (χ1n) is 11.4. The average molecular weight is 492 g/mol. The first kappa shape index (κ1) is 24.6. The topological polar surface area (TPSA) is 132 Å². The van der Waals surface area contributed by atoms with Gasteiger partial charge in [-0.3, -0.25) is 9.36 Å². The Kier molecular flexibility index (Phi) is 7.01. The van der Waals surface area contributed by atoms with E-state index in [-0.39, 0.29) is 35.3 Å². The Morgan fingerprint density at radius 3 is 2.40 bits per heavy atom. The van der Waals surface area contributed by atoms with Gasteiger partial charge in [0, 0.05) is 43.4 Å². The molecule has 9 nitrogen and oxygen atoms in total. The molecule has 0 radical (unpaired) electrons. The first-order valence-corrected chi connectivity index (χ1v) is 11.4. The number of amides is 1. The second kappa shape index (κ2) is 9.98. The van der Waals surface area contributed by atoms with Gasteiger partial charge < -0.3 is 31.8 Å². The van der Waals surface area contributed by atoms with E-state index in [0.29, 0.717) is 63.1 Å². The maximum Gasteiger partial charge on any atom is 0.225 e. The highest BCUT2D eigenvalue weighted by molar-refractivity contribution is 5.84. The Bertz CT molecular complexity index is 1120. The molecule has 188 valence electrons. The molecule has 1 atom stereocenters. The molecule has 0 spiro atoms. The van der Waals surface area contributed by atoms with Crippen molar-refractivity contribution in [3.8, 4) is 0 Å². The molecule has 1 aliphatic carbocycles. The summed E-state index contributed by atoms with van der Waals surface area (Å²) in [6.45, 7) is 4.51. The number of benzene rings is 1. The number of aliphatic hydroxyl groups excluding tert-OH is 1. The van der Waals surface area contributed by atoms with E-state index in [0.717, 1.165) is 6.21 Å². The van der Waals surface area contributed by atoms with Crippen molar-refractivity contribution in [2.24, 2.45) is 11.7 Å². The monoisotopic (exact) mass is 491 g/mol. The van der Waals surface area contributed by atoms with Gasteiger partial charge in [-0.1, -0.05) is 6.58 Å². The molecule has 12 heteroatoms. The Morgan fingerprint density at radius 1 is 1.20 bits per heavy atom. The number of carbonyl (C=O) groups excluding carboxylic acids is 1.